The number of hydrogen-bond donors (Lipinski definition) is 2. The molecule has 0 aliphatic rings. The van der Waals surface area contributed by atoms with Crippen molar-refractivity contribution < 1.29 is 14.3 Å². The van der Waals surface area contributed by atoms with Crippen LogP contribution in [0.25, 0.3) is 0 Å². The number of hydrogen-bond acceptors (Lipinski definition) is 5. The van der Waals surface area contributed by atoms with Crippen molar-refractivity contribution in [2.75, 3.05) is 37.4 Å². The molecule has 0 unspecified atom stereocenters. The van der Waals surface area contributed by atoms with Gasteiger partial charge < -0.3 is 15.4 Å². The zero-order chi connectivity index (χ0) is 20.4. The summed E-state index contributed by atoms with van der Waals surface area (Å²) < 4.78 is 5.23. The molecule has 2 aromatic rings. The Hall–Kier alpha value is -3.37. The van der Waals surface area contributed by atoms with Gasteiger partial charge in [0.05, 0.1) is 37.5 Å². The Morgan fingerprint density at radius 1 is 1.04 bits per heavy atom. The minimum absolute atomic E-state index is 0.0900. The lowest BCUT2D eigenvalue weighted by molar-refractivity contribution is -0.120. The van der Waals surface area contributed by atoms with Crippen LogP contribution in [0.3, 0.4) is 0 Å². The topological polar surface area (TPSA) is 94.5 Å². The van der Waals surface area contributed by atoms with Crippen molar-refractivity contribution in [3.63, 3.8) is 0 Å². The third-order valence-corrected chi connectivity index (χ3v) is 3.95. The molecule has 28 heavy (non-hydrogen) atoms. The Labute approximate surface area is 164 Å². The van der Waals surface area contributed by atoms with E-state index in [9.17, 15) is 9.59 Å². The molecule has 0 heterocycles. The minimum atomic E-state index is -0.219. The predicted octanol–water partition coefficient (Wildman–Crippen LogP) is 2.86. The van der Waals surface area contributed by atoms with E-state index in [0.29, 0.717) is 29.2 Å². The van der Waals surface area contributed by atoms with E-state index >= 15 is 0 Å². The second-order valence-electron chi connectivity index (χ2n) is 6.20. The molecule has 0 aromatic heterocycles. The Kier molecular flexibility index (Phi) is 8.00. The van der Waals surface area contributed by atoms with Crippen LogP contribution in [0.4, 0.5) is 11.4 Å². The molecule has 0 radical (unpaired) electrons. The van der Waals surface area contributed by atoms with Gasteiger partial charge in [0.2, 0.25) is 11.8 Å². The van der Waals surface area contributed by atoms with Gasteiger partial charge in [0, 0.05) is 5.69 Å². The maximum atomic E-state index is 12.4. The summed E-state index contributed by atoms with van der Waals surface area (Å²) in [6.07, 6.45) is 0.812. The number of carbonyl (C=O) groups is 2. The molecule has 0 saturated heterocycles. The number of ether oxygens (including phenoxy) is 1. The fourth-order valence-electron chi connectivity index (χ4n) is 2.70. The van der Waals surface area contributed by atoms with Gasteiger partial charge in [-0.3, -0.25) is 14.5 Å². The number of anilines is 2. The van der Waals surface area contributed by atoms with Crippen LogP contribution >= 0.6 is 0 Å². The number of nitriles is 1. The molecule has 0 spiro atoms. The molecule has 2 amide bonds. The monoisotopic (exact) mass is 380 g/mol. The highest BCUT2D eigenvalue weighted by molar-refractivity contribution is 5.95. The van der Waals surface area contributed by atoms with Gasteiger partial charge in [0.1, 0.15) is 5.75 Å². The van der Waals surface area contributed by atoms with Crippen LogP contribution in [0, 0.1) is 11.3 Å². The number of carbonyl (C=O) groups excluding carboxylic acids is 2. The standard InChI is InChI=1S/C21H24N4O3/c1-3-12-25(14-20(26)23-17-10-8-16(13-22)9-11-17)15-21(27)24-18-6-4-5-7-19(18)28-2/h4-11H,3,12,14-15H2,1-2H3,(H,23,26)(H,24,27). The first kappa shape index (κ1) is 20.9. The molecule has 2 N–H and O–H groups in total. The smallest absolute Gasteiger partial charge is 0.238 e. The SMILES string of the molecule is CCCN(CC(=O)Nc1ccc(C#N)cc1)CC(=O)Nc1ccccc1OC. The quantitative estimate of drug-likeness (QED) is 0.698. The van der Waals surface area contributed by atoms with Gasteiger partial charge in [-0.2, -0.15) is 5.26 Å². The van der Waals surface area contributed by atoms with Crippen molar-refractivity contribution in [1.29, 1.82) is 5.26 Å². The van der Waals surface area contributed by atoms with Gasteiger partial charge in [0.15, 0.2) is 0 Å². The number of nitrogens with zero attached hydrogens (tertiary/aromatic N) is 2. The summed E-state index contributed by atoms with van der Waals surface area (Å²) in [6.45, 7) is 2.78. The number of amides is 2. The highest BCUT2D eigenvalue weighted by Gasteiger charge is 2.15. The van der Waals surface area contributed by atoms with Gasteiger partial charge in [-0.05, 0) is 49.4 Å². The van der Waals surface area contributed by atoms with E-state index in [1.807, 2.05) is 25.1 Å². The summed E-state index contributed by atoms with van der Waals surface area (Å²) in [6, 6.07) is 15.8. The van der Waals surface area contributed by atoms with Crippen LogP contribution in [0.15, 0.2) is 48.5 Å². The summed E-state index contributed by atoms with van der Waals surface area (Å²) in [5, 5.41) is 14.4. The Bertz CT molecular complexity index is 843. The first-order valence-corrected chi connectivity index (χ1v) is 9.01. The zero-order valence-electron chi connectivity index (χ0n) is 16.1. The number of benzene rings is 2. The summed E-state index contributed by atoms with van der Waals surface area (Å²) >= 11 is 0. The maximum absolute atomic E-state index is 12.4. The first-order valence-electron chi connectivity index (χ1n) is 9.01. The average Bonchev–Trinajstić information content (AvgIpc) is 2.69. The predicted molar refractivity (Wildman–Crippen MR) is 108 cm³/mol. The lowest BCUT2D eigenvalue weighted by Gasteiger charge is -2.21. The molecule has 2 aromatic carbocycles. The average molecular weight is 380 g/mol. The second-order valence-corrected chi connectivity index (χ2v) is 6.20. The molecule has 0 atom stereocenters. The number of para-hydroxylation sites is 2. The fourth-order valence-corrected chi connectivity index (χ4v) is 2.70. The summed E-state index contributed by atoms with van der Waals surface area (Å²) in [7, 11) is 1.54. The zero-order valence-corrected chi connectivity index (χ0v) is 16.1. The van der Waals surface area contributed by atoms with Gasteiger partial charge in [-0.15, -0.1) is 0 Å². The normalized spacial score (nSPS) is 10.2. The summed E-state index contributed by atoms with van der Waals surface area (Å²) in [5.41, 5.74) is 1.73. The van der Waals surface area contributed by atoms with Crippen LogP contribution in [-0.4, -0.2) is 43.5 Å². The molecular weight excluding hydrogens is 356 g/mol. The van der Waals surface area contributed by atoms with Gasteiger partial charge >= 0.3 is 0 Å². The lowest BCUT2D eigenvalue weighted by atomic mass is 10.2. The van der Waals surface area contributed by atoms with E-state index in [0.717, 1.165) is 6.42 Å². The second kappa shape index (κ2) is 10.7. The van der Waals surface area contributed by atoms with Gasteiger partial charge in [-0.1, -0.05) is 19.1 Å². The van der Waals surface area contributed by atoms with Crippen LogP contribution in [-0.2, 0) is 9.59 Å². The first-order chi connectivity index (χ1) is 13.5. The fraction of sp³-hybridized carbons (Fsp3) is 0.286. The van der Waals surface area contributed by atoms with Crippen molar-refractivity contribution >= 4 is 23.2 Å². The van der Waals surface area contributed by atoms with Crippen molar-refractivity contribution in [2.45, 2.75) is 13.3 Å². The summed E-state index contributed by atoms with van der Waals surface area (Å²) in [5.74, 6) is 0.142. The van der Waals surface area contributed by atoms with Gasteiger partial charge in [-0.25, -0.2) is 0 Å². The van der Waals surface area contributed by atoms with E-state index in [2.05, 4.69) is 10.6 Å². The molecule has 7 heteroatoms. The van der Waals surface area contributed by atoms with E-state index < -0.39 is 0 Å². The third-order valence-electron chi connectivity index (χ3n) is 3.95. The van der Waals surface area contributed by atoms with E-state index in [4.69, 9.17) is 10.00 Å². The summed E-state index contributed by atoms with van der Waals surface area (Å²) in [4.78, 5) is 26.5. The maximum Gasteiger partial charge on any atom is 0.238 e. The van der Waals surface area contributed by atoms with E-state index in [1.165, 1.54) is 0 Å². The van der Waals surface area contributed by atoms with Crippen molar-refractivity contribution in [3.8, 4) is 11.8 Å². The Morgan fingerprint density at radius 3 is 2.29 bits per heavy atom. The molecule has 7 nitrogen and oxygen atoms in total. The number of rotatable bonds is 9. The van der Waals surface area contributed by atoms with E-state index in [-0.39, 0.29) is 24.9 Å². The third kappa shape index (κ3) is 6.41. The largest absolute Gasteiger partial charge is 0.495 e. The number of nitrogens with one attached hydrogen (secondary N) is 2. The van der Waals surface area contributed by atoms with Crippen LogP contribution in [0.1, 0.15) is 18.9 Å². The molecule has 146 valence electrons. The highest BCUT2D eigenvalue weighted by Crippen LogP contribution is 2.22. The van der Waals surface area contributed by atoms with Crippen LogP contribution < -0.4 is 15.4 Å². The van der Waals surface area contributed by atoms with Crippen molar-refractivity contribution in [3.05, 3.63) is 54.1 Å². The molecular formula is C21H24N4O3. The Morgan fingerprint density at radius 2 is 1.68 bits per heavy atom. The highest BCUT2D eigenvalue weighted by atomic mass is 16.5. The van der Waals surface area contributed by atoms with Crippen molar-refractivity contribution in [2.24, 2.45) is 0 Å². The molecule has 0 aliphatic carbocycles. The molecule has 0 bridgehead atoms. The van der Waals surface area contributed by atoms with Crippen LogP contribution in [0.2, 0.25) is 0 Å². The van der Waals surface area contributed by atoms with E-state index in [1.54, 1.807) is 48.4 Å². The molecule has 0 aliphatic heterocycles. The Balaban J connectivity index is 1.93. The molecule has 0 saturated carbocycles. The number of methoxy groups -OCH3 is 1. The van der Waals surface area contributed by atoms with Crippen molar-refractivity contribution in [1.82, 2.24) is 4.90 Å². The minimum Gasteiger partial charge on any atom is -0.495 e. The van der Waals surface area contributed by atoms with Crippen LogP contribution in [0.5, 0.6) is 5.75 Å². The molecule has 0 fully saturated rings. The lowest BCUT2D eigenvalue weighted by Crippen LogP contribution is -2.39. The van der Waals surface area contributed by atoms with Gasteiger partial charge in [0.25, 0.3) is 0 Å². The molecule has 2 rings (SSSR count).